The maximum atomic E-state index is 6.06. The lowest BCUT2D eigenvalue weighted by Gasteiger charge is -2.38. The molecule has 0 saturated carbocycles. The van der Waals surface area contributed by atoms with E-state index in [0.717, 1.165) is 30.9 Å². The molecule has 94 valence electrons. The number of rotatable bonds is 2. The van der Waals surface area contributed by atoms with Crippen molar-refractivity contribution in [3.8, 4) is 0 Å². The molecule has 1 aliphatic heterocycles. The van der Waals surface area contributed by atoms with E-state index in [1.807, 2.05) is 6.07 Å². The summed E-state index contributed by atoms with van der Waals surface area (Å²) in [6.45, 7) is 6.36. The van der Waals surface area contributed by atoms with Crippen molar-refractivity contribution in [1.82, 2.24) is 0 Å². The van der Waals surface area contributed by atoms with Gasteiger partial charge < -0.3 is 15.4 Å². The maximum absolute atomic E-state index is 6.06. The zero-order valence-electron chi connectivity index (χ0n) is 10.9. The summed E-state index contributed by atoms with van der Waals surface area (Å²) in [5.74, 6) is 0.627. The first kappa shape index (κ1) is 12.2. The van der Waals surface area contributed by atoms with Crippen LogP contribution in [0.15, 0.2) is 18.2 Å². The fourth-order valence-corrected chi connectivity index (χ4v) is 2.49. The smallest absolute Gasteiger partial charge is 0.0772 e. The Morgan fingerprint density at radius 2 is 2.18 bits per heavy atom. The van der Waals surface area contributed by atoms with Gasteiger partial charge in [0.15, 0.2) is 0 Å². The number of aryl methyl sites for hydroxylation is 1. The van der Waals surface area contributed by atoms with Crippen LogP contribution in [0.5, 0.6) is 0 Å². The summed E-state index contributed by atoms with van der Waals surface area (Å²) in [6.07, 6.45) is 1.47. The molecule has 3 heteroatoms. The summed E-state index contributed by atoms with van der Waals surface area (Å²) >= 11 is 0. The number of hydrogen-bond donors (Lipinski definition) is 1. The molecule has 0 radical (unpaired) electrons. The summed E-state index contributed by atoms with van der Waals surface area (Å²) in [6, 6.07) is 6.21. The molecule has 0 amide bonds. The Labute approximate surface area is 104 Å². The number of anilines is 2. The first-order valence-electron chi connectivity index (χ1n) is 6.25. The van der Waals surface area contributed by atoms with Crippen molar-refractivity contribution in [3.05, 3.63) is 23.8 Å². The van der Waals surface area contributed by atoms with Gasteiger partial charge in [-0.2, -0.15) is 0 Å². The molecular formula is C14H22N2O. The number of piperidine rings is 1. The minimum absolute atomic E-state index is 0.309. The van der Waals surface area contributed by atoms with Crippen LogP contribution in [0, 0.1) is 12.8 Å². The van der Waals surface area contributed by atoms with E-state index in [1.54, 1.807) is 7.11 Å². The van der Waals surface area contributed by atoms with Crippen molar-refractivity contribution in [2.24, 2.45) is 5.92 Å². The minimum atomic E-state index is 0.309. The minimum Gasteiger partial charge on any atom is -0.397 e. The number of ether oxygens (including phenoxy) is 1. The van der Waals surface area contributed by atoms with E-state index >= 15 is 0 Å². The predicted octanol–water partition coefficient (Wildman–Crippen LogP) is 2.44. The number of nitrogen functional groups attached to an aromatic ring is 1. The SMILES string of the molecule is COC1CN(c2cc(C)ccc2N)CCC1C. The number of nitrogens with two attached hydrogens (primary N) is 1. The van der Waals surface area contributed by atoms with E-state index in [1.165, 1.54) is 5.56 Å². The van der Waals surface area contributed by atoms with E-state index < -0.39 is 0 Å². The molecule has 2 unspecified atom stereocenters. The van der Waals surface area contributed by atoms with Gasteiger partial charge in [-0.25, -0.2) is 0 Å². The number of benzene rings is 1. The monoisotopic (exact) mass is 234 g/mol. The lowest BCUT2D eigenvalue weighted by atomic mass is 9.95. The Hall–Kier alpha value is -1.22. The standard InChI is InChI=1S/C14H22N2O/c1-10-4-5-12(15)13(8-10)16-7-6-11(2)14(9-16)17-3/h4-5,8,11,14H,6-7,9,15H2,1-3H3. The van der Waals surface area contributed by atoms with Crippen LogP contribution in [0.4, 0.5) is 11.4 Å². The van der Waals surface area contributed by atoms with Crippen LogP contribution in [0.1, 0.15) is 18.9 Å². The lowest BCUT2D eigenvalue weighted by molar-refractivity contribution is 0.0499. The lowest BCUT2D eigenvalue weighted by Crippen LogP contribution is -2.44. The topological polar surface area (TPSA) is 38.5 Å². The molecular weight excluding hydrogens is 212 g/mol. The summed E-state index contributed by atoms with van der Waals surface area (Å²) in [4.78, 5) is 2.34. The first-order chi connectivity index (χ1) is 8.11. The fraction of sp³-hybridized carbons (Fsp3) is 0.571. The van der Waals surface area contributed by atoms with E-state index in [-0.39, 0.29) is 0 Å². The predicted molar refractivity (Wildman–Crippen MR) is 72.4 cm³/mol. The average molecular weight is 234 g/mol. The number of nitrogens with zero attached hydrogens (tertiary/aromatic N) is 1. The Morgan fingerprint density at radius 3 is 2.88 bits per heavy atom. The quantitative estimate of drug-likeness (QED) is 0.799. The van der Waals surface area contributed by atoms with Gasteiger partial charge >= 0.3 is 0 Å². The Morgan fingerprint density at radius 1 is 1.41 bits per heavy atom. The van der Waals surface area contributed by atoms with Crippen LogP contribution in [-0.4, -0.2) is 26.3 Å². The summed E-state index contributed by atoms with van der Waals surface area (Å²) < 4.78 is 5.54. The molecule has 1 heterocycles. The summed E-state index contributed by atoms with van der Waals surface area (Å²) in [5, 5.41) is 0. The molecule has 0 spiro atoms. The van der Waals surface area contributed by atoms with Gasteiger partial charge in [0, 0.05) is 20.2 Å². The molecule has 1 aliphatic rings. The van der Waals surface area contributed by atoms with Crippen LogP contribution in [0.3, 0.4) is 0 Å². The molecule has 1 fully saturated rings. The van der Waals surface area contributed by atoms with Crippen LogP contribution >= 0.6 is 0 Å². The van der Waals surface area contributed by atoms with Crippen LogP contribution in [0.2, 0.25) is 0 Å². The highest BCUT2D eigenvalue weighted by molar-refractivity contribution is 5.68. The van der Waals surface area contributed by atoms with Gasteiger partial charge in [-0.3, -0.25) is 0 Å². The molecule has 1 aromatic rings. The fourth-order valence-electron chi connectivity index (χ4n) is 2.49. The molecule has 0 aliphatic carbocycles. The molecule has 2 N–H and O–H groups in total. The Bertz CT molecular complexity index is 392. The molecule has 3 nitrogen and oxygen atoms in total. The third kappa shape index (κ3) is 2.55. The van der Waals surface area contributed by atoms with Crippen molar-refractivity contribution in [2.75, 3.05) is 30.8 Å². The van der Waals surface area contributed by atoms with E-state index in [9.17, 15) is 0 Å². The second kappa shape index (κ2) is 4.96. The third-order valence-electron chi connectivity index (χ3n) is 3.72. The maximum Gasteiger partial charge on any atom is 0.0772 e. The van der Waals surface area contributed by atoms with Gasteiger partial charge in [0.1, 0.15) is 0 Å². The van der Waals surface area contributed by atoms with Crippen molar-refractivity contribution in [1.29, 1.82) is 0 Å². The Balaban J connectivity index is 2.20. The number of methoxy groups -OCH3 is 1. The molecule has 1 aromatic carbocycles. The molecule has 17 heavy (non-hydrogen) atoms. The van der Waals surface area contributed by atoms with Crippen molar-refractivity contribution < 1.29 is 4.74 Å². The number of hydrogen-bond acceptors (Lipinski definition) is 3. The van der Waals surface area contributed by atoms with Gasteiger partial charge in [-0.05, 0) is 37.0 Å². The highest BCUT2D eigenvalue weighted by Crippen LogP contribution is 2.29. The van der Waals surface area contributed by atoms with E-state index in [2.05, 4.69) is 30.9 Å². The molecule has 1 saturated heterocycles. The van der Waals surface area contributed by atoms with Crippen LogP contribution in [-0.2, 0) is 4.74 Å². The molecule has 2 atom stereocenters. The van der Waals surface area contributed by atoms with Crippen molar-refractivity contribution >= 4 is 11.4 Å². The van der Waals surface area contributed by atoms with Gasteiger partial charge in [0.2, 0.25) is 0 Å². The first-order valence-corrected chi connectivity index (χ1v) is 6.25. The normalized spacial score (nSPS) is 25.0. The second-order valence-corrected chi connectivity index (χ2v) is 5.05. The largest absolute Gasteiger partial charge is 0.397 e. The van der Waals surface area contributed by atoms with Gasteiger partial charge in [0.25, 0.3) is 0 Å². The van der Waals surface area contributed by atoms with Crippen LogP contribution in [0.25, 0.3) is 0 Å². The summed E-state index contributed by atoms with van der Waals surface area (Å²) in [7, 11) is 1.80. The molecule has 2 rings (SSSR count). The van der Waals surface area contributed by atoms with Crippen molar-refractivity contribution in [2.45, 2.75) is 26.4 Å². The van der Waals surface area contributed by atoms with Crippen LogP contribution < -0.4 is 10.6 Å². The third-order valence-corrected chi connectivity index (χ3v) is 3.72. The van der Waals surface area contributed by atoms with E-state index in [4.69, 9.17) is 10.5 Å². The Kier molecular flexibility index (Phi) is 3.57. The highest BCUT2D eigenvalue weighted by Gasteiger charge is 2.26. The highest BCUT2D eigenvalue weighted by atomic mass is 16.5. The zero-order chi connectivity index (χ0) is 12.4. The van der Waals surface area contributed by atoms with E-state index in [0.29, 0.717) is 12.0 Å². The second-order valence-electron chi connectivity index (χ2n) is 5.05. The molecule has 0 bridgehead atoms. The van der Waals surface area contributed by atoms with Gasteiger partial charge in [0.05, 0.1) is 17.5 Å². The van der Waals surface area contributed by atoms with Gasteiger partial charge in [-0.15, -0.1) is 0 Å². The average Bonchev–Trinajstić information content (AvgIpc) is 2.33. The zero-order valence-corrected chi connectivity index (χ0v) is 10.9. The molecule has 0 aromatic heterocycles. The van der Waals surface area contributed by atoms with Crippen molar-refractivity contribution in [3.63, 3.8) is 0 Å². The summed E-state index contributed by atoms with van der Waals surface area (Å²) in [5.41, 5.74) is 9.32. The van der Waals surface area contributed by atoms with Gasteiger partial charge in [-0.1, -0.05) is 13.0 Å².